The first-order valence-electron chi connectivity index (χ1n) is 7.17. The number of aromatic nitrogens is 4. The third kappa shape index (κ3) is 2.72. The second kappa shape index (κ2) is 5.51. The molecule has 0 spiro atoms. The lowest BCUT2D eigenvalue weighted by molar-refractivity contribution is 0.285. The van der Waals surface area contributed by atoms with E-state index < -0.39 is 0 Å². The van der Waals surface area contributed by atoms with E-state index in [0.717, 1.165) is 15.6 Å². The normalized spacial score (nSPS) is 14.2. The quantitative estimate of drug-likeness (QED) is 0.674. The van der Waals surface area contributed by atoms with Gasteiger partial charge in [-0.15, -0.1) is 11.3 Å². The van der Waals surface area contributed by atoms with E-state index in [-0.39, 0.29) is 6.61 Å². The van der Waals surface area contributed by atoms with Crippen LogP contribution in [0.5, 0.6) is 0 Å². The second-order valence-electron chi connectivity index (χ2n) is 5.30. The highest BCUT2D eigenvalue weighted by atomic mass is 32.1. The zero-order valence-electron chi connectivity index (χ0n) is 11.8. The van der Waals surface area contributed by atoms with Gasteiger partial charge in [-0.05, 0) is 31.0 Å². The van der Waals surface area contributed by atoms with Crippen molar-refractivity contribution in [3.8, 4) is 10.7 Å². The van der Waals surface area contributed by atoms with Gasteiger partial charge in [0.15, 0.2) is 11.6 Å². The molecule has 0 atom stereocenters. The molecule has 7 heteroatoms. The standard InChI is InChI=1S/C15H15N5OS/c21-8-10-3-4-12(22-10)15-16-6-5-13(18-15)17-14-7-11(19-20-14)9-1-2-9/h3-7,9,21H,1-2,8H2,(H2,16,17,18,19,20). The van der Waals surface area contributed by atoms with Crippen molar-refractivity contribution in [2.24, 2.45) is 0 Å². The minimum atomic E-state index is 0.0415. The van der Waals surface area contributed by atoms with Gasteiger partial charge >= 0.3 is 0 Å². The molecular formula is C15H15N5OS. The van der Waals surface area contributed by atoms with Crippen molar-refractivity contribution in [3.63, 3.8) is 0 Å². The van der Waals surface area contributed by atoms with Crippen molar-refractivity contribution in [2.45, 2.75) is 25.4 Å². The molecule has 0 amide bonds. The Balaban J connectivity index is 1.55. The average molecular weight is 313 g/mol. The van der Waals surface area contributed by atoms with Crippen LogP contribution in [0.25, 0.3) is 10.7 Å². The van der Waals surface area contributed by atoms with Crippen LogP contribution >= 0.6 is 11.3 Å². The smallest absolute Gasteiger partial charge is 0.171 e. The van der Waals surface area contributed by atoms with Crippen LogP contribution in [-0.2, 0) is 6.61 Å². The van der Waals surface area contributed by atoms with Gasteiger partial charge in [0.05, 0.1) is 11.5 Å². The summed E-state index contributed by atoms with van der Waals surface area (Å²) in [7, 11) is 0. The molecule has 0 saturated heterocycles. The van der Waals surface area contributed by atoms with E-state index in [0.29, 0.717) is 17.6 Å². The molecular weight excluding hydrogens is 298 g/mol. The van der Waals surface area contributed by atoms with Crippen LogP contribution < -0.4 is 5.32 Å². The predicted molar refractivity (Wildman–Crippen MR) is 85.1 cm³/mol. The van der Waals surface area contributed by atoms with Gasteiger partial charge in [-0.1, -0.05) is 0 Å². The largest absolute Gasteiger partial charge is 0.391 e. The van der Waals surface area contributed by atoms with E-state index in [1.807, 2.05) is 24.3 Å². The van der Waals surface area contributed by atoms with Gasteiger partial charge in [-0.3, -0.25) is 5.10 Å². The Kier molecular flexibility index (Phi) is 3.36. The summed E-state index contributed by atoms with van der Waals surface area (Å²) in [6.45, 7) is 0.0415. The number of anilines is 2. The van der Waals surface area contributed by atoms with Crippen molar-refractivity contribution < 1.29 is 5.11 Å². The SMILES string of the molecule is OCc1ccc(-c2nccc(Nc3cc(C4CC4)[nH]n3)n2)s1. The number of aliphatic hydroxyl groups is 1. The topological polar surface area (TPSA) is 86.7 Å². The maximum absolute atomic E-state index is 9.14. The van der Waals surface area contributed by atoms with Gasteiger partial charge in [0.1, 0.15) is 5.82 Å². The lowest BCUT2D eigenvalue weighted by atomic mass is 10.3. The van der Waals surface area contributed by atoms with E-state index in [1.165, 1.54) is 29.9 Å². The Bertz CT molecular complexity index is 793. The molecule has 3 N–H and O–H groups in total. The van der Waals surface area contributed by atoms with Gasteiger partial charge in [0, 0.05) is 28.8 Å². The van der Waals surface area contributed by atoms with Gasteiger partial charge in [-0.25, -0.2) is 9.97 Å². The van der Waals surface area contributed by atoms with Crippen molar-refractivity contribution in [3.05, 3.63) is 41.0 Å². The van der Waals surface area contributed by atoms with E-state index in [1.54, 1.807) is 6.20 Å². The molecule has 3 aromatic heterocycles. The van der Waals surface area contributed by atoms with Crippen molar-refractivity contribution in [2.75, 3.05) is 5.32 Å². The summed E-state index contributed by atoms with van der Waals surface area (Å²) in [5.41, 5.74) is 1.18. The molecule has 0 bridgehead atoms. The average Bonchev–Trinajstić information content (AvgIpc) is 3.10. The number of rotatable bonds is 5. The number of thiophene rings is 1. The van der Waals surface area contributed by atoms with E-state index in [4.69, 9.17) is 5.11 Å². The number of aromatic amines is 1. The third-order valence-electron chi connectivity index (χ3n) is 3.56. The number of nitrogens with zero attached hydrogens (tertiary/aromatic N) is 3. The Morgan fingerprint density at radius 1 is 1.27 bits per heavy atom. The Labute approximate surface area is 131 Å². The molecule has 3 aromatic rings. The molecule has 1 aliphatic carbocycles. The van der Waals surface area contributed by atoms with Crippen LogP contribution in [0, 0.1) is 0 Å². The zero-order valence-corrected chi connectivity index (χ0v) is 12.6. The molecule has 0 aromatic carbocycles. The number of aliphatic hydroxyl groups excluding tert-OH is 1. The molecule has 6 nitrogen and oxygen atoms in total. The van der Waals surface area contributed by atoms with Crippen LogP contribution in [0.4, 0.5) is 11.6 Å². The first kappa shape index (κ1) is 13.4. The highest BCUT2D eigenvalue weighted by molar-refractivity contribution is 7.15. The lowest BCUT2D eigenvalue weighted by Crippen LogP contribution is -1.96. The minimum absolute atomic E-state index is 0.0415. The van der Waals surface area contributed by atoms with Crippen LogP contribution in [-0.4, -0.2) is 25.3 Å². The molecule has 3 heterocycles. The predicted octanol–water partition coefficient (Wildman–Crippen LogP) is 3.04. The second-order valence-corrected chi connectivity index (χ2v) is 6.47. The molecule has 0 aliphatic heterocycles. The number of hydrogen-bond donors (Lipinski definition) is 3. The van der Waals surface area contributed by atoms with E-state index >= 15 is 0 Å². The molecule has 112 valence electrons. The van der Waals surface area contributed by atoms with Crippen LogP contribution in [0.15, 0.2) is 30.5 Å². The third-order valence-corrected chi connectivity index (χ3v) is 4.63. The maximum atomic E-state index is 9.14. The lowest BCUT2D eigenvalue weighted by Gasteiger charge is -2.03. The van der Waals surface area contributed by atoms with E-state index in [9.17, 15) is 0 Å². The fraction of sp³-hybridized carbons (Fsp3) is 0.267. The summed E-state index contributed by atoms with van der Waals surface area (Å²) in [6, 6.07) is 7.66. The highest BCUT2D eigenvalue weighted by Gasteiger charge is 2.25. The van der Waals surface area contributed by atoms with Crippen molar-refractivity contribution in [1.82, 2.24) is 20.2 Å². The number of H-pyrrole nitrogens is 1. The minimum Gasteiger partial charge on any atom is -0.391 e. The molecule has 22 heavy (non-hydrogen) atoms. The highest BCUT2D eigenvalue weighted by Crippen LogP contribution is 2.39. The number of hydrogen-bond acceptors (Lipinski definition) is 6. The van der Waals surface area contributed by atoms with Crippen LogP contribution in [0.2, 0.25) is 0 Å². The summed E-state index contributed by atoms with van der Waals surface area (Å²) in [5, 5.41) is 19.7. The van der Waals surface area contributed by atoms with Gasteiger partial charge in [0.25, 0.3) is 0 Å². The van der Waals surface area contributed by atoms with Crippen molar-refractivity contribution in [1.29, 1.82) is 0 Å². The zero-order chi connectivity index (χ0) is 14.9. The molecule has 1 fully saturated rings. The maximum Gasteiger partial charge on any atom is 0.171 e. The molecule has 1 aliphatic rings. The van der Waals surface area contributed by atoms with Crippen LogP contribution in [0.1, 0.15) is 29.3 Å². The van der Waals surface area contributed by atoms with Gasteiger partial charge < -0.3 is 10.4 Å². The first-order valence-corrected chi connectivity index (χ1v) is 7.99. The summed E-state index contributed by atoms with van der Waals surface area (Å²) < 4.78 is 0. The monoisotopic (exact) mass is 313 g/mol. The molecule has 1 saturated carbocycles. The Morgan fingerprint density at radius 2 is 2.18 bits per heavy atom. The molecule has 4 rings (SSSR count). The van der Waals surface area contributed by atoms with Gasteiger partial charge in [0.2, 0.25) is 0 Å². The fourth-order valence-electron chi connectivity index (χ4n) is 2.27. The Morgan fingerprint density at radius 3 is 2.95 bits per heavy atom. The van der Waals surface area contributed by atoms with Crippen LogP contribution in [0.3, 0.4) is 0 Å². The number of nitrogens with one attached hydrogen (secondary N) is 2. The fourth-order valence-corrected chi connectivity index (χ4v) is 3.07. The molecule has 0 radical (unpaired) electrons. The van der Waals surface area contributed by atoms with Gasteiger partial charge in [-0.2, -0.15) is 5.10 Å². The van der Waals surface area contributed by atoms with Crippen molar-refractivity contribution >= 4 is 23.0 Å². The van der Waals surface area contributed by atoms with E-state index in [2.05, 4.69) is 25.5 Å². The molecule has 0 unspecified atom stereocenters. The first-order chi connectivity index (χ1) is 10.8. The summed E-state index contributed by atoms with van der Waals surface area (Å²) in [6.07, 6.45) is 4.20. The summed E-state index contributed by atoms with van der Waals surface area (Å²) in [4.78, 5) is 10.6. The summed E-state index contributed by atoms with van der Waals surface area (Å²) >= 11 is 1.49. The summed E-state index contributed by atoms with van der Waals surface area (Å²) in [5.74, 6) is 2.77. The Hall–Kier alpha value is -2.25.